The number of hydrogen-bond acceptors (Lipinski definition) is 4. The predicted molar refractivity (Wildman–Crippen MR) is 130 cm³/mol. The van der Waals surface area contributed by atoms with Gasteiger partial charge in [-0.3, -0.25) is 19.3 Å². The number of rotatable bonds is 7. The minimum atomic E-state index is -0.738. The van der Waals surface area contributed by atoms with E-state index >= 15 is 0 Å². The number of ether oxygens (including phenoxy) is 1. The number of carbonyl (C=O) groups excluding carboxylic acids is 3. The molecule has 2 amide bonds. The molecule has 4 rings (SSSR count). The smallest absolute Gasteiger partial charge is 0.306 e. The van der Waals surface area contributed by atoms with Gasteiger partial charge in [0.1, 0.15) is 17.2 Å². The van der Waals surface area contributed by atoms with Gasteiger partial charge in [-0.2, -0.15) is 0 Å². The maximum atomic E-state index is 13.8. The van der Waals surface area contributed by atoms with Crippen molar-refractivity contribution in [1.29, 1.82) is 0 Å². The van der Waals surface area contributed by atoms with Crippen LogP contribution in [0.3, 0.4) is 0 Å². The van der Waals surface area contributed by atoms with Crippen molar-refractivity contribution < 1.29 is 27.9 Å². The Hall–Kier alpha value is -3.87. The fourth-order valence-corrected chi connectivity index (χ4v) is 4.60. The number of halogens is 2. The Morgan fingerprint density at radius 2 is 1.25 bits per heavy atom. The van der Waals surface area contributed by atoms with Crippen molar-refractivity contribution in [1.82, 2.24) is 4.90 Å². The quantitative estimate of drug-likeness (QED) is 0.312. The molecular weight excluding hydrogens is 464 g/mol. The summed E-state index contributed by atoms with van der Waals surface area (Å²) in [5.74, 6) is -3.43. The van der Waals surface area contributed by atoms with Crippen LogP contribution in [-0.4, -0.2) is 34.8 Å². The number of amides is 2. The third-order valence-electron chi connectivity index (χ3n) is 6.07. The van der Waals surface area contributed by atoms with Gasteiger partial charge in [0.2, 0.25) is 0 Å². The van der Waals surface area contributed by atoms with E-state index in [0.29, 0.717) is 22.3 Å². The molecule has 0 aromatic heterocycles. The first kappa shape index (κ1) is 25.2. The van der Waals surface area contributed by atoms with Crippen LogP contribution in [0, 0.1) is 17.6 Å². The van der Waals surface area contributed by atoms with Gasteiger partial charge in [0, 0.05) is 12.5 Å². The van der Waals surface area contributed by atoms with Crippen molar-refractivity contribution >= 4 is 17.8 Å². The van der Waals surface area contributed by atoms with E-state index in [-0.39, 0.29) is 13.0 Å². The Bertz CT molecular complexity index is 1200. The SMILES string of the molecule is CC(C)(C)OC(=O)C[C@H](CN1C(=O)c2ccccc2C1=O)C(c1ccc(F)cc1)c1ccc(F)cc1. The molecule has 1 aliphatic rings. The lowest BCUT2D eigenvalue weighted by Gasteiger charge is -2.31. The minimum absolute atomic E-state index is 0.0784. The van der Waals surface area contributed by atoms with Crippen LogP contribution >= 0.6 is 0 Å². The summed E-state index contributed by atoms with van der Waals surface area (Å²) in [5.41, 5.74) is 1.19. The van der Waals surface area contributed by atoms with Crippen LogP contribution in [0.4, 0.5) is 8.78 Å². The molecule has 0 saturated heterocycles. The molecule has 3 aromatic carbocycles. The molecule has 0 radical (unpaired) electrons. The van der Waals surface area contributed by atoms with Crippen LogP contribution in [0.25, 0.3) is 0 Å². The zero-order valence-electron chi connectivity index (χ0n) is 20.3. The molecule has 0 fully saturated rings. The molecule has 36 heavy (non-hydrogen) atoms. The Kier molecular flexibility index (Phi) is 7.02. The summed E-state index contributed by atoms with van der Waals surface area (Å²) in [6.07, 6.45) is -0.121. The minimum Gasteiger partial charge on any atom is -0.460 e. The van der Waals surface area contributed by atoms with Gasteiger partial charge in [-0.1, -0.05) is 36.4 Å². The molecule has 0 bridgehead atoms. The lowest BCUT2D eigenvalue weighted by atomic mass is 9.78. The van der Waals surface area contributed by atoms with Crippen LogP contribution < -0.4 is 0 Å². The zero-order chi connectivity index (χ0) is 26.0. The van der Waals surface area contributed by atoms with E-state index in [1.165, 1.54) is 24.3 Å². The standard InChI is InChI=1S/C29H27F2NO4/c1-29(2,3)36-25(33)16-20(17-32-27(34)23-6-4-5-7-24(23)28(32)35)26(18-8-12-21(30)13-9-18)19-10-14-22(31)15-11-19/h4-15,20,26H,16-17H2,1-3H3/t20-/m1/s1. The summed E-state index contributed by atoms with van der Waals surface area (Å²) in [7, 11) is 0. The molecule has 0 N–H and O–H groups in total. The molecule has 3 aromatic rings. The molecule has 186 valence electrons. The van der Waals surface area contributed by atoms with Gasteiger partial charge in [0.05, 0.1) is 17.5 Å². The monoisotopic (exact) mass is 491 g/mol. The number of nitrogens with zero attached hydrogens (tertiary/aromatic N) is 1. The van der Waals surface area contributed by atoms with Gasteiger partial charge in [0.25, 0.3) is 11.8 Å². The van der Waals surface area contributed by atoms with E-state index in [1.807, 2.05) is 0 Å². The molecule has 0 saturated carbocycles. The molecule has 0 spiro atoms. The molecule has 1 atom stereocenters. The topological polar surface area (TPSA) is 63.7 Å². The van der Waals surface area contributed by atoms with Crippen LogP contribution in [0.2, 0.25) is 0 Å². The van der Waals surface area contributed by atoms with Gasteiger partial charge in [0.15, 0.2) is 0 Å². The van der Waals surface area contributed by atoms with Gasteiger partial charge in [-0.15, -0.1) is 0 Å². The van der Waals surface area contributed by atoms with Crippen molar-refractivity contribution in [2.45, 2.75) is 38.7 Å². The largest absolute Gasteiger partial charge is 0.460 e. The summed E-state index contributed by atoms with van der Waals surface area (Å²) < 4.78 is 33.1. The highest BCUT2D eigenvalue weighted by molar-refractivity contribution is 6.21. The summed E-state index contributed by atoms with van der Waals surface area (Å²) in [4.78, 5) is 40.4. The lowest BCUT2D eigenvalue weighted by molar-refractivity contribution is -0.156. The van der Waals surface area contributed by atoms with Crippen LogP contribution in [-0.2, 0) is 9.53 Å². The zero-order valence-corrected chi connectivity index (χ0v) is 20.3. The average Bonchev–Trinajstić information content (AvgIpc) is 3.05. The second-order valence-corrected chi connectivity index (χ2v) is 9.90. The first-order chi connectivity index (χ1) is 17.0. The summed E-state index contributed by atoms with van der Waals surface area (Å²) in [6.45, 7) is 5.18. The Morgan fingerprint density at radius 1 is 0.806 bits per heavy atom. The van der Waals surface area contributed by atoms with E-state index < -0.39 is 46.9 Å². The number of esters is 1. The number of hydrogen-bond donors (Lipinski definition) is 0. The first-order valence-electron chi connectivity index (χ1n) is 11.7. The summed E-state index contributed by atoms with van der Waals surface area (Å²) >= 11 is 0. The number of imide groups is 1. The third-order valence-corrected chi connectivity index (χ3v) is 6.07. The number of benzene rings is 3. The van der Waals surface area contributed by atoms with E-state index in [2.05, 4.69) is 0 Å². The molecular formula is C29H27F2NO4. The molecule has 7 heteroatoms. The van der Waals surface area contributed by atoms with Crippen LogP contribution in [0.1, 0.15) is 65.0 Å². The fourth-order valence-electron chi connectivity index (χ4n) is 4.60. The highest BCUT2D eigenvalue weighted by Crippen LogP contribution is 2.37. The fraction of sp³-hybridized carbons (Fsp3) is 0.276. The van der Waals surface area contributed by atoms with Crippen molar-refractivity contribution in [2.24, 2.45) is 5.92 Å². The molecule has 1 heterocycles. The van der Waals surface area contributed by atoms with Crippen molar-refractivity contribution in [3.05, 3.63) is 107 Å². The lowest BCUT2D eigenvalue weighted by Crippen LogP contribution is -2.38. The van der Waals surface area contributed by atoms with Crippen LogP contribution in [0.5, 0.6) is 0 Å². The van der Waals surface area contributed by atoms with Gasteiger partial charge in [-0.25, -0.2) is 8.78 Å². The van der Waals surface area contributed by atoms with Crippen molar-refractivity contribution in [3.8, 4) is 0 Å². The molecule has 0 unspecified atom stereocenters. The maximum absolute atomic E-state index is 13.8. The normalized spacial score (nSPS) is 14.2. The molecule has 1 aliphatic heterocycles. The molecule has 0 aliphatic carbocycles. The highest BCUT2D eigenvalue weighted by Gasteiger charge is 2.39. The van der Waals surface area contributed by atoms with E-state index in [0.717, 1.165) is 4.90 Å². The number of carbonyl (C=O) groups is 3. The van der Waals surface area contributed by atoms with Gasteiger partial charge >= 0.3 is 5.97 Å². The van der Waals surface area contributed by atoms with Crippen LogP contribution in [0.15, 0.2) is 72.8 Å². The Balaban J connectivity index is 1.76. The third kappa shape index (κ3) is 5.51. The molecule has 5 nitrogen and oxygen atoms in total. The average molecular weight is 492 g/mol. The summed E-state index contributed by atoms with van der Waals surface area (Å²) in [6, 6.07) is 18.1. The van der Waals surface area contributed by atoms with E-state index in [4.69, 9.17) is 4.74 Å². The van der Waals surface area contributed by atoms with Crippen molar-refractivity contribution in [3.63, 3.8) is 0 Å². The van der Waals surface area contributed by atoms with Gasteiger partial charge < -0.3 is 4.74 Å². The summed E-state index contributed by atoms with van der Waals surface area (Å²) in [5, 5.41) is 0. The second-order valence-electron chi connectivity index (χ2n) is 9.90. The predicted octanol–water partition coefficient (Wildman–Crippen LogP) is 5.74. The van der Waals surface area contributed by atoms with E-state index in [9.17, 15) is 23.2 Å². The highest BCUT2D eigenvalue weighted by atomic mass is 19.1. The maximum Gasteiger partial charge on any atom is 0.306 e. The second kappa shape index (κ2) is 10.0. The van der Waals surface area contributed by atoms with E-state index in [1.54, 1.807) is 69.3 Å². The Morgan fingerprint density at radius 3 is 1.67 bits per heavy atom. The first-order valence-corrected chi connectivity index (χ1v) is 11.7. The van der Waals surface area contributed by atoms with Crippen molar-refractivity contribution in [2.75, 3.05) is 6.54 Å². The Labute approximate surface area is 208 Å². The number of fused-ring (bicyclic) bond motifs is 1. The van der Waals surface area contributed by atoms with Gasteiger partial charge in [-0.05, 0) is 74.2 Å².